The molecule has 9 heteroatoms. The molecular formula is C28H22O9. The van der Waals surface area contributed by atoms with Gasteiger partial charge in [-0.25, -0.2) is 0 Å². The summed E-state index contributed by atoms with van der Waals surface area (Å²) >= 11 is 0. The highest BCUT2D eigenvalue weighted by Crippen LogP contribution is 2.49. The van der Waals surface area contributed by atoms with Crippen LogP contribution in [0.4, 0.5) is 0 Å². The third-order valence-corrected chi connectivity index (χ3v) is 6.66. The van der Waals surface area contributed by atoms with Gasteiger partial charge in [0.2, 0.25) is 18.0 Å². The molecular weight excluding hydrogens is 480 g/mol. The van der Waals surface area contributed by atoms with Gasteiger partial charge in [-0.05, 0) is 35.4 Å². The van der Waals surface area contributed by atoms with E-state index in [0.29, 0.717) is 39.7 Å². The summed E-state index contributed by atoms with van der Waals surface area (Å²) in [7, 11) is 4.56. The number of esters is 1. The molecule has 4 aromatic rings. The average Bonchev–Trinajstić information content (AvgIpc) is 3.40. The van der Waals surface area contributed by atoms with Gasteiger partial charge in [-0.3, -0.25) is 9.59 Å². The van der Waals surface area contributed by atoms with Crippen LogP contribution >= 0.6 is 0 Å². The topological polar surface area (TPSA) is 103 Å². The number of methoxy groups -OCH3 is 3. The Morgan fingerprint density at radius 2 is 1.65 bits per heavy atom. The van der Waals surface area contributed by atoms with Crippen molar-refractivity contribution in [1.29, 1.82) is 0 Å². The van der Waals surface area contributed by atoms with Crippen molar-refractivity contribution in [3.63, 3.8) is 0 Å². The number of hydrogen-bond donors (Lipinski definition) is 0. The zero-order chi connectivity index (χ0) is 25.7. The van der Waals surface area contributed by atoms with E-state index in [1.807, 2.05) is 0 Å². The molecule has 9 nitrogen and oxygen atoms in total. The van der Waals surface area contributed by atoms with Crippen molar-refractivity contribution in [1.82, 2.24) is 0 Å². The van der Waals surface area contributed by atoms with Crippen molar-refractivity contribution in [2.75, 3.05) is 28.1 Å². The number of carbonyl (C=O) groups excluding carboxylic acids is 1. The molecule has 3 aromatic carbocycles. The maximum atomic E-state index is 13.8. The Labute approximate surface area is 211 Å². The smallest absolute Gasteiger partial charge is 0.312 e. The van der Waals surface area contributed by atoms with E-state index in [0.717, 1.165) is 5.56 Å². The fraction of sp³-hybridized carbons (Fsp3) is 0.214. The minimum absolute atomic E-state index is 0.0289. The highest BCUT2D eigenvalue weighted by molar-refractivity contribution is 5.94. The fourth-order valence-corrected chi connectivity index (χ4v) is 4.88. The van der Waals surface area contributed by atoms with Gasteiger partial charge in [-0.15, -0.1) is 0 Å². The Kier molecular flexibility index (Phi) is 5.40. The first-order valence-electron chi connectivity index (χ1n) is 11.5. The third-order valence-electron chi connectivity index (χ3n) is 6.66. The summed E-state index contributed by atoms with van der Waals surface area (Å²) in [4.78, 5) is 26.4. The van der Waals surface area contributed by atoms with E-state index >= 15 is 0 Å². The van der Waals surface area contributed by atoms with Gasteiger partial charge in [0.25, 0.3) is 0 Å². The summed E-state index contributed by atoms with van der Waals surface area (Å²) in [6.07, 6.45) is 1.45. The highest BCUT2D eigenvalue weighted by Gasteiger charge is 2.35. The number of carbonyl (C=O) groups is 1. The first-order chi connectivity index (χ1) is 18.0. The first kappa shape index (κ1) is 22.8. The molecule has 0 saturated carbocycles. The quantitative estimate of drug-likeness (QED) is 0.285. The van der Waals surface area contributed by atoms with Crippen molar-refractivity contribution >= 4 is 16.9 Å². The third kappa shape index (κ3) is 3.62. The Balaban J connectivity index is 1.58. The zero-order valence-electron chi connectivity index (χ0n) is 20.3. The van der Waals surface area contributed by atoms with E-state index in [1.165, 1.54) is 20.5 Å². The summed E-state index contributed by atoms with van der Waals surface area (Å²) in [5, 5.41) is 0.255. The second kappa shape index (κ2) is 8.77. The van der Waals surface area contributed by atoms with Crippen LogP contribution in [-0.4, -0.2) is 34.1 Å². The molecule has 1 aromatic heterocycles. The Morgan fingerprint density at radius 1 is 0.865 bits per heavy atom. The lowest BCUT2D eigenvalue weighted by Crippen LogP contribution is -2.22. The predicted octanol–water partition coefficient (Wildman–Crippen LogP) is 4.66. The molecule has 1 atom stereocenters. The number of ether oxygens (including phenoxy) is 6. The molecule has 0 unspecified atom stereocenters. The summed E-state index contributed by atoms with van der Waals surface area (Å²) in [6.45, 7) is 0.0710. The monoisotopic (exact) mass is 502 g/mol. The van der Waals surface area contributed by atoms with Crippen LogP contribution < -0.4 is 33.8 Å². The van der Waals surface area contributed by atoms with Crippen LogP contribution in [-0.2, 0) is 4.79 Å². The largest absolute Gasteiger partial charge is 0.497 e. The van der Waals surface area contributed by atoms with E-state index in [4.69, 9.17) is 32.8 Å². The molecule has 0 aliphatic carbocycles. The summed E-state index contributed by atoms with van der Waals surface area (Å²) < 4.78 is 39.1. The van der Waals surface area contributed by atoms with Crippen molar-refractivity contribution < 1.29 is 37.6 Å². The lowest BCUT2D eigenvalue weighted by atomic mass is 9.84. The Morgan fingerprint density at radius 3 is 2.38 bits per heavy atom. The molecule has 6 rings (SSSR count). The van der Waals surface area contributed by atoms with Gasteiger partial charge in [-0.2, -0.15) is 0 Å². The second-order valence-corrected chi connectivity index (χ2v) is 8.59. The van der Waals surface area contributed by atoms with Crippen LogP contribution in [0.15, 0.2) is 57.9 Å². The molecule has 0 bridgehead atoms. The van der Waals surface area contributed by atoms with Gasteiger partial charge in [0.05, 0.1) is 33.3 Å². The van der Waals surface area contributed by atoms with Crippen molar-refractivity contribution in [2.24, 2.45) is 0 Å². The van der Waals surface area contributed by atoms with Crippen molar-refractivity contribution in [3.8, 4) is 45.6 Å². The number of rotatable bonds is 5. The molecule has 0 radical (unpaired) electrons. The Hall–Kier alpha value is -4.66. The van der Waals surface area contributed by atoms with Crippen LogP contribution in [0.3, 0.4) is 0 Å². The number of fused-ring (bicyclic) bond motifs is 4. The van der Waals surface area contributed by atoms with Gasteiger partial charge < -0.3 is 32.8 Å². The normalized spacial score (nSPS) is 15.8. The van der Waals surface area contributed by atoms with E-state index in [-0.39, 0.29) is 41.1 Å². The van der Waals surface area contributed by atoms with Crippen LogP contribution in [0, 0.1) is 0 Å². The molecule has 37 heavy (non-hydrogen) atoms. The lowest BCUT2D eigenvalue weighted by molar-refractivity contribution is -0.135. The van der Waals surface area contributed by atoms with Gasteiger partial charge in [0, 0.05) is 17.5 Å². The lowest BCUT2D eigenvalue weighted by Gasteiger charge is -2.26. The van der Waals surface area contributed by atoms with Crippen LogP contribution in [0.2, 0.25) is 0 Å². The molecule has 188 valence electrons. The predicted molar refractivity (Wildman–Crippen MR) is 132 cm³/mol. The van der Waals surface area contributed by atoms with Gasteiger partial charge in [0.15, 0.2) is 11.5 Å². The minimum Gasteiger partial charge on any atom is -0.497 e. The number of hydrogen-bond acceptors (Lipinski definition) is 9. The summed E-state index contributed by atoms with van der Waals surface area (Å²) in [5.74, 6) is 1.75. The van der Waals surface area contributed by atoms with Crippen LogP contribution in [0.5, 0.6) is 34.5 Å². The highest BCUT2D eigenvalue weighted by atomic mass is 16.7. The zero-order valence-corrected chi connectivity index (χ0v) is 20.3. The molecule has 0 saturated heterocycles. The SMILES string of the molecule is COc1ccc(-c2coc3c4c(cc(OC)c3c2=O)OC(=O)C[C@H]4c2cc(OC)c3c(c2)OCO3)cc1. The van der Waals surface area contributed by atoms with Crippen molar-refractivity contribution in [3.05, 3.63) is 70.1 Å². The maximum Gasteiger partial charge on any atom is 0.312 e. The van der Waals surface area contributed by atoms with E-state index in [2.05, 4.69) is 0 Å². The number of benzene rings is 3. The molecule has 0 fully saturated rings. The minimum atomic E-state index is -0.497. The van der Waals surface area contributed by atoms with Gasteiger partial charge >= 0.3 is 5.97 Å². The standard InChI is InChI=1S/C28H22O9/c1-31-16-6-4-14(5-7-16)18-12-34-28-24-17(15-8-21(33-3)27-22(9-15)35-13-36-27)10-23(29)37-20(24)11-19(32-2)25(28)26(18)30/h4-9,11-12,17H,10,13H2,1-3H3/t17-/m0/s1. The van der Waals surface area contributed by atoms with Crippen molar-refractivity contribution in [2.45, 2.75) is 12.3 Å². The van der Waals surface area contributed by atoms with Crippen LogP contribution in [0.25, 0.3) is 22.1 Å². The molecule has 2 aliphatic rings. The molecule has 0 amide bonds. The summed E-state index contributed by atoms with van der Waals surface area (Å²) in [6, 6.07) is 12.3. The van der Waals surface area contributed by atoms with E-state index < -0.39 is 11.9 Å². The molecule has 3 heterocycles. The van der Waals surface area contributed by atoms with Crippen LogP contribution in [0.1, 0.15) is 23.5 Å². The second-order valence-electron chi connectivity index (χ2n) is 8.59. The fourth-order valence-electron chi connectivity index (χ4n) is 4.88. The molecule has 0 spiro atoms. The van der Waals surface area contributed by atoms with Gasteiger partial charge in [-0.1, -0.05) is 12.1 Å². The van der Waals surface area contributed by atoms with Gasteiger partial charge in [0.1, 0.15) is 34.5 Å². The van der Waals surface area contributed by atoms with E-state index in [9.17, 15) is 9.59 Å². The molecule has 2 aliphatic heterocycles. The summed E-state index contributed by atoms with van der Waals surface area (Å²) in [5.41, 5.74) is 2.33. The van der Waals surface area contributed by atoms with E-state index in [1.54, 1.807) is 49.6 Å². The maximum absolute atomic E-state index is 13.8. The molecule has 0 N–H and O–H groups in total. The Bertz CT molecular complexity index is 1600. The first-order valence-corrected chi connectivity index (χ1v) is 11.5. The average molecular weight is 502 g/mol.